The average Bonchev–Trinajstić information content (AvgIpc) is 2.36. The van der Waals surface area contributed by atoms with E-state index < -0.39 is 0 Å². The lowest BCUT2D eigenvalue weighted by molar-refractivity contribution is -0.132. The summed E-state index contributed by atoms with van der Waals surface area (Å²) in [5.74, 6) is -0.0365. The fourth-order valence-electron chi connectivity index (χ4n) is 1.72. The van der Waals surface area contributed by atoms with Gasteiger partial charge in [-0.15, -0.1) is 11.8 Å². The number of benzene rings is 1. The zero-order valence-corrected chi connectivity index (χ0v) is 10.7. The maximum absolute atomic E-state index is 13.1. The third-order valence-corrected chi connectivity index (χ3v) is 3.58. The van der Waals surface area contributed by atoms with Gasteiger partial charge in [-0.3, -0.25) is 4.79 Å². The van der Waals surface area contributed by atoms with Crippen LogP contribution in [0, 0.1) is 5.82 Å². The van der Waals surface area contributed by atoms with Gasteiger partial charge in [-0.2, -0.15) is 0 Å². The molecule has 0 spiro atoms. The van der Waals surface area contributed by atoms with Gasteiger partial charge in [0.15, 0.2) is 0 Å². The number of hydrogen-bond donors (Lipinski definition) is 1. The van der Waals surface area contributed by atoms with Crippen LogP contribution in [0.3, 0.4) is 0 Å². The van der Waals surface area contributed by atoms with Gasteiger partial charge in [0.1, 0.15) is 5.82 Å². The van der Waals surface area contributed by atoms with E-state index in [4.69, 9.17) is 10.5 Å². The van der Waals surface area contributed by atoms with Gasteiger partial charge in [-0.05, 0) is 18.2 Å². The zero-order chi connectivity index (χ0) is 13.0. The number of anilines is 1. The molecule has 0 unspecified atom stereocenters. The topological polar surface area (TPSA) is 55.6 Å². The Morgan fingerprint density at radius 1 is 1.39 bits per heavy atom. The minimum Gasteiger partial charge on any atom is -0.399 e. The van der Waals surface area contributed by atoms with Crippen LogP contribution in [-0.2, 0) is 9.53 Å². The number of rotatable bonds is 3. The first-order valence-electron chi connectivity index (χ1n) is 5.69. The van der Waals surface area contributed by atoms with E-state index in [0.717, 1.165) is 0 Å². The van der Waals surface area contributed by atoms with Crippen LogP contribution in [0.1, 0.15) is 0 Å². The maximum atomic E-state index is 13.1. The second-order valence-corrected chi connectivity index (χ2v) is 5.05. The molecule has 1 saturated heterocycles. The van der Waals surface area contributed by atoms with Crippen LogP contribution in [0.25, 0.3) is 0 Å². The molecule has 1 amide bonds. The first-order chi connectivity index (χ1) is 8.65. The van der Waals surface area contributed by atoms with Gasteiger partial charge in [0.2, 0.25) is 5.91 Å². The predicted molar refractivity (Wildman–Crippen MR) is 68.9 cm³/mol. The maximum Gasteiger partial charge on any atom is 0.233 e. The first kappa shape index (κ1) is 13.2. The zero-order valence-electron chi connectivity index (χ0n) is 9.89. The van der Waals surface area contributed by atoms with Gasteiger partial charge < -0.3 is 15.4 Å². The first-order valence-corrected chi connectivity index (χ1v) is 6.68. The van der Waals surface area contributed by atoms with Crippen molar-refractivity contribution in [3.05, 3.63) is 24.0 Å². The van der Waals surface area contributed by atoms with E-state index in [1.807, 2.05) is 0 Å². The number of halogens is 1. The molecule has 0 saturated carbocycles. The van der Waals surface area contributed by atoms with Gasteiger partial charge in [0, 0.05) is 23.7 Å². The highest BCUT2D eigenvalue weighted by atomic mass is 32.2. The second-order valence-electron chi connectivity index (χ2n) is 4.00. The average molecular weight is 270 g/mol. The molecular weight excluding hydrogens is 255 g/mol. The summed E-state index contributed by atoms with van der Waals surface area (Å²) in [6.45, 7) is 2.43. The van der Waals surface area contributed by atoms with Crippen molar-refractivity contribution in [2.24, 2.45) is 0 Å². The van der Waals surface area contributed by atoms with E-state index in [9.17, 15) is 9.18 Å². The Kier molecular flexibility index (Phi) is 4.43. The molecule has 0 aliphatic carbocycles. The fraction of sp³-hybridized carbons (Fsp3) is 0.417. The van der Waals surface area contributed by atoms with Crippen molar-refractivity contribution in [3.63, 3.8) is 0 Å². The smallest absolute Gasteiger partial charge is 0.233 e. The number of morpholine rings is 1. The van der Waals surface area contributed by atoms with Crippen molar-refractivity contribution in [1.82, 2.24) is 4.90 Å². The summed E-state index contributed by atoms with van der Waals surface area (Å²) in [5, 5.41) is 0. The van der Waals surface area contributed by atoms with Gasteiger partial charge >= 0.3 is 0 Å². The van der Waals surface area contributed by atoms with E-state index in [1.165, 1.54) is 23.9 Å². The van der Waals surface area contributed by atoms with Crippen LogP contribution in [0.4, 0.5) is 10.1 Å². The van der Waals surface area contributed by atoms with Crippen LogP contribution >= 0.6 is 11.8 Å². The number of thioether (sulfide) groups is 1. The normalized spacial score (nSPS) is 15.7. The Balaban J connectivity index is 1.88. The number of hydrogen-bond acceptors (Lipinski definition) is 4. The molecule has 1 aromatic carbocycles. The lowest BCUT2D eigenvalue weighted by atomic mass is 10.3. The Morgan fingerprint density at radius 2 is 2.11 bits per heavy atom. The van der Waals surface area contributed by atoms with Crippen LogP contribution < -0.4 is 5.73 Å². The molecule has 1 aromatic rings. The van der Waals surface area contributed by atoms with Crippen molar-refractivity contribution >= 4 is 23.4 Å². The number of amides is 1. The molecule has 4 nitrogen and oxygen atoms in total. The molecule has 1 aliphatic rings. The minimum absolute atomic E-state index is 0.0473. The molecule has 18 heavy (non-hydrogen) atoms. The number of carbonyl (C=O) groups excluding carboxylic acids is 1. The monoisotopic (exact) mass is 270 g/mol. The van der Waals surface area contributed by atoms with Crippen molar-refractivity contribution in [2.45, 2.75) is 4.90 Å². The summed E-state index contributed by atoms with van der Waals surface area (Å²) in [6.07, 6.45) is 0. The van der Waals surface area contributed by atoms with E-state index >= 15 is 0 Å². The summed E-state index contributed by atoms with van der Waals surface area (Å²) in [7, 11) is 0. The van der Waals surface area contributed by atoms with Crippen molar-refractivity contribution in [1.29, 1.82) is 0 Å². The molecule has 0 radical (unpaired) electrons. The summed E-state index contributed by atoms with van der Waals surface area (Å²) in [6, 6.07) is 4.31. The SMILES string of the molecule is Nc1cc(F)cc(SCC(=O)N2CCOCC2)c1. The lowest BCUT2D eigenvalue weighted by Crippen LogP contribution is -2.41. The molecule has 0 aromatic heterocycles. The van der Waals surface area contributed by atoms with Crippen molar-refractivity contribution in [2.75, 3.05) is 37.8 Å². The van der Waals surface area contributed by atoms with Gasteiger partial charge in [0.05, 0.1) is 19.0 Å². The van der Waals surface area contributed by atoms with Gasteiger partial charge in [0.25, 0.3) is 0 Å². The standard InChI is InChI=1S/C12H15FN2O2S/c13-9-5-10(14)7-11(6-9)18-8-12(16)15-1-3-17-4-2-15/h5-7H,1-4,8,14H2. The Bertz CT molecular complexity index is 416. The molecule has 0 atom stereocenters. The van der Waals surface area contributed by atoms with Crippen LogP contribution in [0.15, 0.2) is 23.1 Å². The highest BCUT2D eigenvalue weighted by Gasteiger charge is 2.16. The molecule has 2 rings (SSSR count). The highest BCUT2D eigenvalue weighted by Crippen LogP contribution is 2.22. The largest absolute Gasteiger partial charge is 0.399 e. The Labute approximate surface area is 109 Å². The quantitative estimate of drug-likeness (QED) is 0.665. The molecule has 1 fully saturated rings. The van der Waals surface area contributed by atoms with E-state index in [0.29, 0.717) is 42.6 Å². The summed E-state index contributed by atoms with van der Waals surface area (Å²) in [5.41, 5.74) is 5.92. The molecule has 6 heteroatoms. The number of nitrogens with zero attached hydrogens (tertiary/aromatic N) is 1. The third-order valence-electron chi connectivity index (χ3n) is 2.62. The van der Waals surface area contributed by atoms with Crippen LogP contribution in [-0.4, -0.2) is 42.9 Å². The number of ether oxygens (including phenoxy) is 1. The van der Waals surface area contributed by atoms with E-state index in [1.54, 1.807) is 11.0 Å². The Hall–Kier alpha value is -1.27. The number of carbonyl (C=O) groups is 1. The molecule has 1 heterocycles. The van der Waals surface area contributed by atoms with Crippen LogP contribution in [0.2, 0.25) is 0 Å². The third kappa shape index (κ3) is 3.61. The van der Waals surface area contributed by atoms with E-state index in [-0.39, 0.29) is 11.7 Å². The summed E-state index contributed by atoms with van der Waals surface area (Å²) >= 11 is 1.30. The van der Waals surface area contributed by atoms with Gasteiger partial charge in [-0.1, -0.05) is 0 Å². The highest BCUT2D eigenvalue weighted by molar-refractivity contribution is 8.00. The van der Waals surface area contributed by atoms with E-state index in [2.05, 4.69) is 0 Å². The number of nitrogen functional groups attached to an aromatic ring is 1. The van der Waals surface area contributed by atoms with Crippen LogP contribution in [0.5, 0.6) is 0 Å². The van der Waals surface area contributed by atoms with Crippen molar-refractivity contribution in [3.8, 4) is 0 Å². The minimum atomic E-state index is -0.378. The van der Waals surface area contributed by atoms with Gasteiger partial charge in [-0.25, -0.2) is 4.39 Å². The molecule has 2 N–H and O–H groups in total. The molecule has 1 aliphatic heterocycles. The molecule has 0 bridgehead atoms. The lowest BCUT2D eigenvalue weighted by Gasteiger charge is -2.26. The number of nitrogens with two attached hydrogens (primary N) is 1. The predicted octanol–water partition coefficient (Wildman–Crippen LogP) is 1.36. The molecular formula is C12H15FN2O2S. The van der Waals surface area contributed by atoms with Crippen molar-refractivity contribution < 1.29 is 13.9 Å². The summed E-state index contributed by atoms with van der Waals surface area (Å²) in [4.78, 5) is 14.3. The second kappa shape index (κ2) is 6.06. The fourth-order valence-corrected chi connectivity index (χ4v) is 2.60. The molecule has 98 valence electrons. The Morgan fingerprint density at radius 3 is 2.78 bits per heavy atom. The summed E-state index contributed by atoms with van der Waals surface area (Å²) < 4.78 is 18.3.